The fraction of sp³-hybridized carbons (Fsp3) is 0.154. The van der Waals surface area contributed by atoms with Crippen molar-refractivity contribution in [2.45, 2.75) is 13.3 Å². The molecule has 0 fully saturated rings. The average molecular weight is 264 g/mol. The van der Waals surface area contributed by atoms with E-state index in [1.54, 1.807) is 6.92 Å². The number of carboxylic acid groups (broad SMARTS) is 1. The second-order valence-corrected chi connectivity index (χ2v) is 4.03. The molecule has 1 heterocycles. The van der Waals surface area contributed by atoms with Crippen LogP contribution in [0.25, 0.3) is 0 Å². The van der Waals surface area contributed by atoms with Gasteiger partial charge in [0.2, 0.25) is 0 Å². The van der Waals surface area contributed by atoms with Crippen molar-refractivity contribution in [1.82, 2.24) is 9.97 Å². The molecule has 1 aromatic heterocycles. The molecule has 2 aromatic rings. The van der Waals surface area contributed by atoms with Gasteiger partial charge >= 0.3 is 5.97 Å². The first-order valence-corrected chi connectivity index (χ1v) is 5.47. The molecule has 0 bridgehead atoms. The largest absolute Gasteiger partial charge is 0.477 e. The number of aryl methyl sites for hydroxylation is 1. The summed E-state index contributed by atoms with van der Waals surface area (Å²) in [7, 11) is 0. The van der Waals surface area contributed by atoms with E-state index in [1.807, 2.05) is 0 Å². The second kappa shape index (κ2) is 5.09. The molecule has 1 N–H and O–H groups in total. The molecular formula is C13H10F2N2O2. The Morgan fingerprint density at radius 3 is 2.63 bits per heavy atom. The van der Waals surface area contributed by atoms with Gasteiger partial charge in [0.15, 0.2) is 5.69 Å². The fourth-order valence-corrected chi connectivity index (χ4v) is 1.65. The molecule has 0 radical (unpaired) electrons. The molecule has 98 valence electrons. The van der Waals surface area contributed by atoms with Crippen LogP contribution in [0.2, 0.25) is 0 Å². The zero-order valence-corrected chi connectivity index (χ0v) is 10.0. The van der Waals surface area contributed by atoms with E-state index in [0.717, 1.165) is 12.1 Å². The van der Waals surface area contributed by atoms with Crippen LogP contribution in [0.5, 0.6) is 0 Å². The Hall–Kier alpha value is -2.37. The lowest BCUT2D eigenvalue weighted by atomic mass is 10.1. The molecule has 0 saturated carbocycles. The lowest BCUT2D eigenvalue weighted by Crippen LogP contribution is -2.07. The summed E-state index contributed by atoms with van der Waals surface area (Å²) in [5.41, 5.74) is 0.540. The van der Waals surface area contributed by atoms with Crippen LogP contribution in [0.4, 0.5) is 8.78 Å². The minimum absolute atomic E-state index is 0.00801. The van der Waals surface area contributed by atoms with Gasteiger partial charge in [0, 0.05) is 18.2 Å². The number of nitrogens with zero attached hydrogens (tertiary/aromatic N) is 2. The summed E-state index contributed by atoms with van der Waals surface area (Å²) in [6.07, 6.45) is 0.00801. The number of hydrogen-bond donors (Lipinski definition) is 1. The molecule has 6 heteroatoms. The Morgan fingerprint density at radius 1 is 1.26 bits per heavy atom. The molecule has 0 aliphatic carbocycles. The van der Waals surface area contributed by atoms with Crippen molar-refractivity contribution in [1.29, 1.82) is 0 Å². The Balaban J connectivity index is 2.35. The highest BCUT2D eigenvalue weighted by atomic mass is 19.1. The van der Waals surface area contributed by atoms with Gasteiger partial charge in [0.1, 0.15) is 17.5 Å². The lowest BCUT2D eigenvalue weighted by Gasteiger charge is -2.05. The standard InChI is InChI=1S/C13H10F2N2O2/c1-7-4-11(13(18)19)17-12(16-7)5-8-2-3-9(14)6-10(8)15/h2-4,6H,5H2,1H3,(H,18,19). The van der Waals surface area contributed by atoms with Crippen LogP contribution < -0.4 is 0 Å². The summed E-state index contributed by atoms with van der Waals surface area (Å²) in [6, 6.07) is 4.51. The minimum Gasteiger partial charge on any atom is -0.477 e. The summed E-state index contributed by atoms with van der Waals surface area (Å²) in [5, 5.41) is 8.88. The van der Waals surface area contributed by atoms with Gasteiger partial charge in [-0.25, -0.2) is 23.5 Å². The van der Waals surface area contributed by atoms with Gasteiger partial charge in [-0.2, -0.15) is 0 Å². The molecule has 2 rings (SSSR count). The number of aromatic carboxylic acids is 1. The van der Waals surface area contributed by atoms with Crippen molar-refractivity contribution in [3.05, 3.63) is 58.7 Å². The predicted octanol–water partition coefficient (Wildman–Crippen LogP) is 2.35. The van der Waals surface area contributed by atoms with Gasteiger partial charge < -0.3 is 5.11 Å². The molecule has 0 aliphatic heterocycles. The van der Waals surface area contributed by atoms with Gasteiger partial charge in [-0.15, -0.1) is 0 Å². The zero-order chi connectivity index (χ0) is 14.0. The van der Waals surface area contributed by atoms with E-state index in [1.165, 1.54) is 12.1 Å². The van der Waals surface area contributed by atoms with Crippen molar-refractivity contribution in [3.63, 3.8) is 0 Å². The van der Waals surface area contributed by atoms with Crippen molar-refractivity contribution < 1.29 is 18.7 Å². The van der Waals surface area contributed by atoms with Crippen molar-refractivity contribution in [2.24, 2.45) is 0 Å². The first kappa shape index (κ1) is 13.1. The highest BCUT2D eigenvalue weighted by Crippen LogP contribution is 2.13. The molecule has 0 spiro atoms. The lowest BCUT2D eigenvalue weighted by molar-refractivity contribution is 0.0689. The van der Waals surface area contributed by atoms with E-state index in [9.17, 15) is 13.6 Å². The number of carbonyl (C=O) groups is 1. The van der Waals surface area contributed by atoms with Gasteiger partial charge in [-0.05, 0) is 24.6 Å². The Labute approximate surface area is 107 Å². The maximum atomic E-state index is 13.5. The zero-order valence-electron chi connectivity index (χ0n) is 10.0. The average Bonchev–Trinajstić information content (AvgIpc) is 2.32. The third-order valence-corrected chi connectivity index (χ3v) is 2.48. The van der Waals surface area contributed by atoms with Gasteiger partial charge in [0.05, 0.1) is 0 Å². The second-order valence-electron chi connectivity index (χ2n) is 4.03. The number of benzene rings is 1. The van der Waals surface area contributed by atoms with E-state index in [2.05, 4.69) is 9.97 Å². The number of hydrogen-bond acceptors (Lipinski definition) is 3. The van der Waals surface area contributed by atoms with Crippen molar-refractivity contribution >= 4 is 5.97 Å². The minimum atomic E-state index is -1.17. The van der Waals surface area contributed by atoms with E-state index in [-0.39, 0.29) is 23.5 Å². The van der Waals surface area contributed by atoms with E-state index < -0.39 is 17.6 Å². The Kier molecular flexibility index (Phi) is 3.50. The molecule has 0 amide bonds. The van der Waals surface area contributed by atoms with Gasteiger partial charge in [0.25, 0.3) is 0 Å². The molecule has 4 nitrogen and oxygen atoms in total. The van der Waals surface area contributed by atoms with Crippen LogP contribution in [0.1, 0.15) is 27.6 Å². The van der Waals surface area contributed by atoms with Crippen molar-refractivity contribution in [3.8, 4) is 0 Å². The maximum Gasteiger partial charge on any atom is 0.354 e. The van der Waals surface area contributed by atoms with Crippen molar-refractivity contribution in [2.75, 3.05) is 0 Å². The van der Waals surface area contributed by atoms with Gasteiger partial charge in [-0.1, -0.05) is 6.07 Å². The number of rotatable bonds is 3. The van der Waals surface area contributed by atoms with Crippen LogP contribution in [0, 0.1) is 18.6 Å². The van der Waals surface area contributed by atoms with Gasteiger partial charge in [-0.3, -0.25) is 0 Å². The molecule has 0 unspecified atom stereocenters. The van der Waals surface area contributed by atoms with Crippen LogP contribution >= 0.6 is 0 Å². The summed E-state index contributed by atoms with van der Waals surface area (Å²) >= 11 is 0. The van der Waals surface area contributed by atoms with Crippen LogP contribution in [0.15, 0.2) is 24.3 Å². The molecule has 0 atom stereocenters. The summed E-state index contributed by atoms with van der Waals surface area (Å²) in [4.78, 5) is 18.7. The van der Waals surface area contributed by atoms with E-state index in [4.69, 9.17) is 5.11 Å². The smallest absolute Gasteiger partial charge is 0.354 e. The molecule has 1 aromatic carbocycles. The SMILES string of the molecule is Cc1cc(C(=O)O)nc(Cc2ccc(F)cc2F)n1. The Morgan fingerprint density at radius 2 is 2.00 bits per heavy atom. The number of halogens is 2. The topological polar surface area (TPSA) is 63.1 Å². The third-order valence-electron chi connectivity index (χ3n) is 2.48. The molecule has 0 saturated heterocycles. The first-order valence-electron chi connectivity index (χ1n) is 5.47. The maximum absolute atomic E-state index is 13.5. The molecule has 19 heavy (non-hydrogen) atoms. The summed E-state index contributed by atoms with van der Waals surface area (Å²) < 4.78 is 26.3. The monoisotopic (exact) mass is 264 g/mol. The molecule has 0 aliphatic rings. The van der Waals surface area contributed by atoms with Crippen LogP contribution in [-0.2, 0) is 6.42 Å². The Bertz CT molecular complexity index is 645. The van der Waals surface area contributed by atoms with E-state index >= 15 is 0 Å². The molecular weight excluding hydrogens is 254 g/mol. The van der Waals surface area contributed by atoms with E-state index in [0.29, 0.717) is 5.69 Å². The fourth-order valence-electron chi connectivity index (χ4n) is 1.65. The number of carboxylic acids is 1. The third kappa shape index (κ3) is 3.09. The number of aromatic nitrogens is 2. The summed E-state index contributed by atoms with van der Waals surface area (Å²) in [5.74, 6) is -2.37. The quantitative estimate of drug-likeness (QED) is 0.924. The first-order chi connectivity index (χ1) is 8.95. The van der Waals surface area contributed by atoms with Crippen LogP contribution in [0.3, 0.4) is 0 Å². The summed E-state index contributed by atoms with van der Waals surface area (Å²) in [6.45, 7) is 1.62. The normalized spacial score (nSPS) is 10.5. The highest BCUT2D eigenvalue weighted by molar-refractivity contribution is 5.85. The van der Waals surface area contributed by atoms with Crippen LogP contribution in [-0.4, -0.2) is 21.0 Å². The highest BCUT2D eigenvalue weighted by Gasteiger charge is 2.11. The predicted molar refractivity (Wildman–Crippen MR) is 62.9 cm³/mol.